The van der Waals surface area contributed by atoms with Gasteiger partial charge in [-0.15, -0.1) is 0 Å². The smallest absolute Gasteiger partial charge is 0.238 e. The summed E-state index contributed by atoms with van der Waals surface area (Å²) in [4.78, 5) is 11.6. The zero-order chi connectivity index (χ0) is 61.2. The summed E-state index contributed by atoms with van der Waals surface area (Å²) < 4.78 is 258. The van der Waals surface area contributed by atoms with E-state index >= 15 is 70.2 Å². The fraction of sp³-hybridized carbons (Fsp3) is 0.0333. The molecule has 0 atom stereocenters. The highest BCUT2D eigenvalue weighted by molar-refractivity contribution is 6.33. The van der Waals surface area contributed by atoms with Crippen molar-refractivity contribution in [3.63, 3.8) is 0 Å². The van der Waals surface area contributed by atoms with E-state index in [0.29, 0.717) is 0 Å². The minimum atomic E-state index is -2.53. The Kier molecular flexibility index (Phi) is 14.5. The van der Waals surface area contributed by atoms with Crippen molar-refractivity contribution >= 4 is 61.8 Å². The van der Waals surface area contributed by atoms with Gasteiger partial charge >= 0.3 is 0 Å². The molecule has 0 saturated carbocycles. The van der Waals surface area contributed by atoms with Crippen LogP contribution < -0.4 is 0 Å². The fourth-order valence-corrected chi connectivity index (χ4v) is 9.83. The highest BCUT2D eigenvalue weighted by atomic mass is 19.2. The zero-order valence-corrected chi connectivity index (χ0v) is 40.8. The lowest BCUT2D eigenvalue weighted by Crippen LogP contribution is -2.12. The summed E-state index contributed by atoms with van der Waals surface area (Å²) in [5.41, 5.74) is -27.4. The van der Waals surface area contributed by atoms with Gasteiger partial charge in [-0.2, -0.15) is 21.0 Å². The normalized spacial score (nSPS) is 13.4. The Hall–Kier alpha value is -11.7. The van der Waals surface area contributed by atoms with Gasteiger partial charge in [-0.1, -0.05) is 42.5 Å². The zero-order valence-electron chi connectivity index (χ0n) is 40.8. The Morgan fingerprint density at radius 1 is 0.369 bits per heavy atom. The fourth-order valence-electron chi connectivity index (χ4n) is 9.83. The van der Waals surface area contributed by atoms with Gasteiger partial charge in [0.05, 0.1) is 54.6 Å². The van der Waals surface area contributed by atoms with Crippen LogP contribution in [-0.4, -0.2) is 0 Å². The van der Waals surface area contributed by atoms with E-state index < -0.39 is 218 Å². The Labute approximate surface area is 460 Å². The van der Waals surface area contributed by atoms with E-state index in [1.807, 2.05) is 0 Å². The lowest BCUT2D eigenvalue weighted by molar-refractivity contribution is 0.438. The van der Waals surface area contributed by atoms with Crippen molar-refractivity contribution < 1.29 is 70.2 Å². The number of nitrogens with zero attached hydrogens (tertiary/aromatic N) is 8. The van der Waals surface area contributed by atoms with Gasteiger partial charge in [0.1, 0.15) is 29.3 Å². The molecular weight excluding hydrogens is 1140 g/mol. The van der Waals surface area contributed by atoms with Gasteiger partial charge in [0.25, 0.3) is 11.4 Å². The van der Waals surface area contributed by atoms with Crippen LogP contribution in [0.1, 0.15) is 72.3 Å². The van der Waals surface area contributed by atoms with Crippen LogP contribution >= 0.6 is 0 Å². The molecule has 406 valence electrons. The molecule has 0 spiro atoms. The third-order valence-corrected chi connectivity index (χ3v) is 13.6. The molecule has 9 rings (SSSR count). The van der Waals surface area contributed by atoms with Crippen LogP contribution in [0.3, 0.4) is 0 Å². The van der Waals surface area contributed by atoms with E-state index in [9.17, 15) is 21.0 Å². The van der Waals surface area contributed by atoms with Gasteiger partial charge in [-0.3, -0.25) is 0 Å². The van der Waals surface area contributed by atoms with E-state index in [1.54, 1.807) is 12.1 Å². The summed E-state index contributed by atoms with van der Waals surface area (Å²) >= 11 is 0. The molecule has 7 aromatic carbocycles. The number of benzene rings is 7. The highest BCUT2D eigenvalue weighted by Crippen LogP contribution is 2.58. The second-order valence-electron chi connectivity index (χ2n) is 17.7. The van der Waals surface area contributed by atoms with Crippen molar-refractivity contribution in [2.45, 2.75) is 12.8 Å². The molecule has 24 heteroatoms. The Bertz CT molecular complexity index is 4330. The number of hydrogen-bond acceptors (Lipinski definition) is 4. The van der Waals surface area contributed by atoms with Crippen LogP contribution in [0.2, 0.25) is 0 Å². The van der Waals surface area contributed by atoms with Gasteiger partial charge in [0, 0.05) is 35.1 Å². The molecule has 2 aliphatic rings. The molecule has 0 saturated heterocycles. The van der Waals surface area contributed by atoms with Crippen LogP contribution in [-0.2, 0) is 12.8 Å². The predicted octanol–water partition coefficient (Wildman–Crippen LogP) is 16.7. The first kappa shape index (κ1) is 57.0. The van der Waals surface area contributed by atoms with Gasteiger partial charge in [-0.05, 0) is 73.9 Å². The van der Waals surface area contributed by atoms with Crippen LogP contribution in [0.5, 0.6) is 0 Å². The molecule has 0 aliphatic heterocycles. The third-order valence-electron chi connectivity index (χ3n) is 13.6. The number of hydrogen-bond donors (Lipinski definition) is 0. The quantitative estimate of drug-likeness (QED) is 0.0857. The van der Waals surface area contributed by atoms with Gasteiger partial charge < -0.3 is 0 Å². The maximum atomic E-state index is 16.8. The van der Waals surface area contributed by atoms with Crippen LogP contribution in [0, 0.1) is 165 Å². The molecule has 0 fully saturated rings. The first-order valence-electron chi connectivity index (χ1n) is 22.9. The molecule has 0 aromatic heterocycles. The van der Waals surface area contributed by atoms with Crippen molar-refractivity contribution in [3.05, 3.63) is 272 Å². The molecule has 2 aliphatic carbocycles. The summed E-state index contributed by atoms with van der Waals surface area (Å²) in [6, 6.07) is 14.9. The number of allylic oxidation sites excluding steroid dienone is 7. The second kappa shape index (κ2) is 21.4. The Morgan fingerprint density at radius 3 is 1.14 bits per heavy atom. The number of nitriles is 4. The van der Waals surface area contributed by atoms with Crippen molar-refractivity contribution in [1.29, 1.82) is 21.0 Å². The Balaban J connectivity index is 1.57. The summed E-state index contributed by atoms with van der Waals surface area (Å²) in [6.45, 7) is 30.3. The molecular formula is C60H14F16N8. The standard InChI is InChI=1S/C60H14F16N8/c1-81-24-11-9-23(10-12-24)37-39(30(40-50(69)48(67)35(20-80)49(68)51(40)70)16-32-44(63)54(73)59(83-3)55(74)45(32)64)27-13-25-26(14-28(27)58(37)82-2)38(36(33(25)18-78)22-7-5-21(17-77)6-8-22)29(41-52(71)56(75)60(84-4)57(76)53(41)72)15-31-42(61)46(65)34(19-79)47(66)43(31)62/h5-14H,15-16H2/b38-29+,39-30+. The molecule has 0 unspecified atom stereocenters. The maximum absolute atomic E-state index is 16.8. The summed E-state index contributed by atoms with van der Waals surface area (Å²) in [7, 11) is 0. The maximum Gasteiger partial charge on any atom is 0.262 e. The summed E-state index contributed by atoms with van der Waals surface area (Å²) in [5, 5.41) is 39.7. The van der Waals surface area contributed by atoms with E-state index in [2.05, 4.69) is 19.4 Å². The average Bonchev–Trinajstić information content (AvgIpc) is 1.87. The highest BCUT2D eigenvalue weighted by Gasteiger charge is 2.42. The summed E-state index contributed by atoms with van der Waals surface area (Å²) in [6.07, 6.45) is -3.89. The first-order valence-corrected chi connectivity index (χ1v) is 22.9. The van der Waals surface area contributed by atoms with Crippen LogP contribution in [0.15, 0.2) is 60.7 Å². The topological polar surface area (TPSA) is 113 Å². The molecule has 84 heavy (non-hydrogen) atoms. The number of fused-ring (bicyclic) bond motifs is 2. The van der Waals surface area contributed by atoms with Gasteiger partial charge in [0.15, 0.2) is 98.8 Å². The SMILES string of the molecule is [C-]#[N+]C1=C(c2ccc([N+]#[C-])cc2)/C(=C(\Cc2c(F)c(F)c([N+]#[C-])c(F)c2F)c2c(F)c(F)c(C#N)c(F)c2F)c2cc3c(cc21)/C(=C(/Cc1c(F)c(F)c(C#N)c(F)c1F)c1c(F)c(F)c([N+]#[C-])c(F)c1F)C(c1ccc(C#N)cc1)=C3C#N. The average molecular weight is 1150 g/mol. The van der Waals surface area contributed by atoms with Gasteiger partial charge in [-0.25, -0.2) is 89.6 Å². The minimum Gasteiger partial charge on any atom is -0.238 e. The van der Waals surface area contributed by atoms with Crippen molar-refractivity contribution in [2.24, 2.45) is 0 Å². The predicted molar refractivity (Wildman–Crippen MR) is 264 cm³/mol. The molecule has 0 radical (unpaired) electrons. The number of halogens is 16. The monoisotopic (exact) mass is 1150 g/mol. The Morgan fingerprint density at radius 2 is 0.738 bits per heavy atom. The lowest BCUT2D eigenvalue weighted by atomic mass is 9.83. The largest absolute Gasteiger partial charge is 0.262 e. The van der Waals surface area contributed by atoms with Crippen LogP contribution in [0.25, 0.3) is 64.1 Å². The van der Waals surface area contributed by atoms with E-state index in [1.165, 1.54) is 0 Å². The van der Waals surface area contributed by atoms with Gasteiger partial charge in [0.2, 0.25) is 5.70 Å². The van der Waals surface area contributed by atoms with E-state index in [0.717, 1.165) is 72.8 Å². The van der Waals surface area contributed by atoms with Crippen LogP contribution in [0.4, 0.5) is 87.3 Å². The molecule has 0 bridgehead atoms. The molecule has 0 amide bonds. The van der Waals surface area contributed by atoms with Crippen molar-refractivity contribution in [1.82, 2.24) is 0 Å². The molecule has 0 heterocycles. The molecule has 0 N–H and O–H groups in total. The molecule has 8 nitrogen and oxygen atoms in total. The van der Waals surface area contributed by atoms with Crippen molar-refractivity contribution in [3.8, 4) is 24.3 Å². The third kappa shape index (κ3) is 8.42. The lowest BCUT2D eigenvalue weighted by Gasteiger charge is -2.21. The number of rotatable bonds is 8. The van der Waals surface area contributed by atoms with Crippen molar-refractivity contribution in [2.75, 3.05) is 0 Å². The molecule has 7 aromatic rings. The van der Waals surface area contributed by atoms with E-state index in [-0.39, 0.29) is 22.4 Å². The van der Waals surface area contributed by atoms with E-state index in [4.69, 9.17) is 26.3 Å². The summed E-state index contributed by atoms with van der Waals surface area (Å²) in [5.74, 6) is -39.5. The minimum absolute atomic E-state index is 0.153. The second-order valence-corrected chi connectivity index (χ2v) is 17.7. The first-order chi connectivity index (χ1) is 40.0.